The Hall–Kier alpha value is -4.74. The summed E-state index contributed by atoms with van der Waals surface area (Å²) in [6.45, 7) is 5.56. The van der Waals surface area contributed by atoms with E-state index < -0.39 is 11.5 Å². The number of hydrogen-bond acceptors (Lipinski definition) is 11. The minimum Gasteiger partial charge on any atom is -0.444 e. The van der Waals surface area contributed by atoms with E-state index in [1.54, 1.807) is 12.4 Å². The first-order valence-electron chi connectivity index (χ1n) is 15.7. The van der Waals surface area contributed by atoms with Crippen LogP contribution >= 0.6 is 0 Å². The van der Waals surface area contributed by atoms with Crippen LogP contribution in [0.5, 0.6) is 0 Å². The zero-order valence-corrected chi connectivity index (χ0v) is 26.7. The number of nitrogens with one attached hydrogen (secondary N) is 3. The highest BCUT2D eigenvalue weighted by atomic mass is 16.6. The highest BCUT2D eigenvalue weighted by molar-refractivity contribution is 5.99. The number of nitrogens with two attached hydrogens (primary N) is 3. The Morgan fingerprint density at radius 1 is 0.957 bits per heavy atom. The summed E-state index contributed by atoms with van der Waals surface area (Å²) in [6.07, 6.45) is 11.0. The fourth-order valence-electron chi connectivity index (χ4n) is 5.50. The van der Waals surface area contributed by atoms with Crippen LogP contribution in [-0.2, 0) is 4.74 Å². The number of pyridine rings is 1. The van der Waals surface area contributed by atoms with Gasteiger partial charge in [0.1, 0.15) is 23.3 Å². The molecule has 2 aliphatic rings. The van der Waals surface area contributed by atoms with Crippen LogP contribution in [0.3, 0.4) is 0 Å². The topological polar surface area (TPSA) is 225 Å². The van der Waals surface area contributed by atoms with Gasteiger partial charge in [-0.25, -0.2) is 9.78 Å². The molecule has 2 amide bonds. The largest absolute Gasteiger partial charge is 0.444 e. The summed E-state index contributed by atoms with van der Waals surface area (Å²) in [4.78, 5) is 29.6. The molecule has 9 N–H and O–H groups in total. The average Bonchev–Trinajstić information content (AvgIpc) is 3.55. The minimum atomic E-state index is -0.683. The fraction of sp³-hybridized carbons (Fsp3) is 0.500. The summed E-state index contributed by atoms with van der Waals surface area (Å²) in [7, 11) is 0. The van der Waals surface area contributed by atoms with Gasteiger partial charge in [0.2, 0.25) is 0 Å². The third-order valence-electron chi connectivity index (χ3n) is 7.83. The molecule has 2 aromatic heterocycles. The first-order valence-corrected chi connectivity index (χ1v) is 15.7. The number of alkyl carbamates (subject to hydrolysis) is 1. The van der Waals surface area contributed by atoms with Crippen molar-refractivity contribution in [3.05, 3.63) is 53.9 Å². The van der Waals surface area contributed by atoms with Gasteiger partial charge in [-0.2, -0.15) is 20.3 Å². The molecule has 4 atom stereocenters. The first-order chi connectivity index (χ1) is 21.9. The van der Waals surface area contributed by atoms with Crippen molar-refractivity contribution in [3.63, 3.8) is 0 Å². The van der Waals surface area contributed by atoms with Gasteiger partial charge in [0.05, 0.1) is 29.2 Å². The molecule has 0 spiro atoms. The monoisotopic (exact) mass is 631 g/mol. The Bertz CT molecular complexity index is 1510. The van der Waals surface area contributed by atoms with Crippen molar-refractivity contribution in [2.45, 2.75) is 102 Å². The maximum absolute atomic E-state index is 12.1. The molecule has 0 radical (unpaired) electrons. The summed E-state index contributed by atoms with van der Waals surface area (Å²) < 4.78 is 5.18. The van der Waals surface area contributed by atoms with E-state index in [1.165, 1.54) is 10.9 Å². The molecule has 2 heterocycles. The van der Waals surface area contributed by atoms with E-state index in [4.69, 9.17) is 21.9 Å². The van der Waals surface area contributed by atoms with Gasteiger partial charge in [-0.3, -0.25) is 4.79 Å². The normalized spacial score (nSPS) is 21.1. The number of primary amides is 1. The van der Waals surface area contributed by atoms with Crippen molar-refractivity contribution in [1.82, 2.24) is 25.3 Å². The van der Waals surface area contributed by atoms with Crippen molar-refractivity contribution in [2.24, 2.45) is 17.2 Å². The highest BCUT2D eigenvalue weighted by Crippen LogP contribution is 2.28. The molecule has 2 saturated carbocycles. The van der Waals surface area contributed by atoms with Gasteiger partial charge in [-0.1, -0.05) is 31.7 Å². The van der Waals surface area contributed by atoms with Crippen molar-refractivity contribution < 1.29 is 14.3 Å². The molecule has 14 nitrogen and oxygen atoms in total. The van der Waals surface area contributed by atoms with Gasteiger partial charge >= 0.3 is 6.09 Å². The van der Waals surface area contributed by atoms with E-state index in [9.17, 15) is 14.9 Å². The lowest BCUT2D eigenvalue weighted by Gasteiger charge is -2.30. The van der Waals surface area contributed by atoms with Gasteiger partial charge in [-0.05, 0) is 70.7 Å². The Morgan fingerprint density at radius 3 is 2.17 bits per heavy atom. The molecule has 0 unspecified atom stereocenters. The Balaban J connectivity index is 0.000000270. The lowest BCUT2D eigenvalue weighted by atomic mass is 9.91. The third-order valence-corrected chi connectivity index (χ3v) is 7.83. The van der Waals surface area contributed by atoms with Crippen LogP contribution in [0, 0.1) is 11.3 Å². The molecule has 2 aliphatic carbocycles. The maximum atomic E-state index is 12.1. The molecule has 5 rings (SSSR count). The minimum absolute atomic E-state index is 0.00912. The standard InChI is InChI=1S/C21H23N9O.C11H22N2O2/c22-12-13-10-16(19(24)31)21(29-20(13)28-18-7-2-1-6-17(18)23)27-14-4-3-5-15(11-14)30-25-8-9-26-30;1-11(2,3)15-10(14)13-9-7-5-4-6-8(9)12/h3-5,8-11,17-18H,1-2,6-7,23H2,(H2,24,31)(H2,27,28,29);8-9H,4-7,12H2,1-3H3,(H,13,14)/t17-,18+;8-,9+/m01/s1. The zero-order valence-electron chi connectivity index (χ0n) is 26.7. The lowest BCUT2D eigenvalue weighted by molar-refractivity contribution is 0.0485. The van der Waals surface area contributed by atoms with Crippen LogP contribution in [0.2, 0.25) is 0 Å². The number of nitriles is 1. The summed E-state index contributed by atoms with van der Waals surface area (Å²) >= 11 is 0. The second kappa shape index (κ2) is 15.5. The van der Waals surface area contributed by atoms with E-state index >= 15 is 0 Å². The first kappa shape index (κ1) is 34.1. The fourth-order valence-corrected chi connectivity index (χ4v) is 5.50. The number of amides is 2. The quantitative estimate of drug-likeness (QED) is 0.220. The van der Waals surface area contributed by atoms with E-state index in [1.807, 2.05) is 45.0 Å². The van der Waals surface area contributed by atoms with Crippen LogP contribution in [0.4, 0.5) is 22.1 Å². The molecular weight excluding hydrogens is 586 g/mol. The lowest BCUT2D eigenvalue weighted by Crippen LogP contribution is -2.50. The molecular formula is C32H45N11O3. The molecule has 246 valence electrons. The number of aromatic nitrogens is 4. The van der Waals surface area contributed by atoms with E-state index in [-0.39, 0.29) is 47.2 Å². The van der Waals surface area contributed by atoms with Crippen LogP contribution < -0.4 is 33.2 Å². The van der Waals surface area contributed by atoms with Crippen LogP contribution in [0.25, 0.3) is 5.69 Å². The molecule has 2 fully saturated rings. The number of carbonyl (C=O) groups is 2. The van der Waals surface area contributed by atoms with Gasteiger partial charge in [0.15, 0.2) is 0 Å². The number of ether oxygens (including phenoxy) is 1. The molecule has 0 aliphatic heterocycles. The van der Waals surface area contributed by atoms with E-state index in [0.717, 1.165) is 57.1 Å². The van der Waals surface area contributed by atoms with Crippen molar-refractivity contribution in [1.29, 1.82) is 5.26 Å². The number of benzene rings is 1. The van der Waals surface area contributed by atoms with E-state index in [0.29, 0.717) is 11.5 Å². The van der Waals surface area contributed by atoms with Gasteiger partial charge in [-0.15, -0.1) is 0 Å². The second-order valence-electron chi connectivity index (χ2n) is 12.7. The van der Waals surface area contributed by atoms with Gasteiger partial charge in [0, 0.05) is 29.9 Å². The van der Waals surface area contributed by atoms with Gasteiger partial charge in [0.25, 0.3) is 5.91 Å². The molecule has 46 heavy (non-hydrogen) atoms. The smallest absolute Gasteiger partial charge is 0.407 e. The predicted octanol–water partition coefficient (Wildman–Crippen LogP) is 3.84. The molecule has 0 bridgehead atoms. The number of carbonyl (C=O) groups excluding carboxylic acids is 2. The Kier molecular flexibility index (Phi) is 11.5. The summed E-state index contributed by atoms with van der Waals surface area (Å²) in [5.41, 5.74) is 19.0. The molecule has 1 aromatic carbocycles. The predicted molar refractivity (Wildman–Crippen MR) is 176 cm³/mol. The summed E-state index contributed by atoms with van der Waals surface area (Å²) in [6, 6.07) is 11.0. The Morgan fingerprint density at radius 2 is 1.59 bits per heavy atom. The highest BCUT2D eigenvalue weighted by Gasteiger charge is 2.26. The zero-order chi connectivity index (χ0) is 33.3. The van der Waals surface area contributed by atoms with Crippen LogP contribution in [0.15, 0.2) is 42.7 Å². The molecule has 14 heteroatoms. The van der Waals surface area contributed by atoms with Crippen molar-refractivity contribution in [3.8, 4) is 11.8 Å². The third kappa shape index (κ3) is 9.63. The van der Waals surface area contributed by atoms with Crippen LogP contribution in [0.1, 0.15) is 88.1 Å². The summed E-state index contributed by atoms with van der Waals surface area (Å²) in [5.74, 6) is -0.0523. The number of hydrogen-bond donors (Lipinski definition) is 6. The van der Waals surface area contributed by atoms with Crippen molar-refractivity contribution in [2.75, 3.05) is 10.6 Å². The van der Waals surface area contributed by atoms with Crippen molar-refractivity contribution >= 4 is 29.3 Å². The number of anilines is 3. The SMILES string of the molecule is CC(C)(C)OC(=O)N[C@H]1CCCC[C@H]1N.N#Cc1cc(C(N)=O)c(Nc2cccc(-n3nccn3)c2)nc1N[C@@H]1CCCC[C@@H]1N. The number of nitrogens with zero attached hydrogens (tertiary/aromatic N) is 5. The number of rotatable bonds is 7. The summed E-state index contributed by atoms with van der Waals surface area (Å²) in [5, 5.41) is 27.1. The van der Waals surface area contributed by atoms with E-state index in [2.05, 4.69) is 37.2 Å². The average molecular weight is 632 g/mol. The second-order valence-corrected chi connectivity index (χ2v) is 12.7. The Labute approximate surface area is 269 Å². The molecule has 3 aromatic rings. The molecule has 0 saturated heterocycles. The van der Waals surface area contributed by atoms with Gasteiger partial charge < -0.3 is 37.9 Å². The van der Waals surface area contributed by atoms with Crippen LogP contribution in [-0.4, -0.2) is 61.7 Å². The maximum Gasteiger partial charge on any atom is 0.407 e.